The number of hydrogen-bond acceptors (Lipinski definition) is 4. The molecule has 3 aromatic rings. The number of nitrogens with one attached hydrogen (secondary N) is 2. The van der Waals surface area contributed by atoms with E-state index in [0.717, 1.165) is 24.0 Å². The second-order valence-corrected chi connectivity index (χ2v) is 11.7. The number of rotatable bonds is 9. The van der Waals surface area contributed by atoms with E-state index in [1.54, 1.807) is 17.0 Å². The van der Waals surface area contributed by atoms with Crippen LogP contribution < -0.4 is 10.6 Å². The van der Waals surface area contributed by atoms with Gasteiger partial charge in [0.1, 0.15) is 0 Å². The molecule has 42 heavy (non-hydrogen) atoms. The molecule has 3 aromatic carbocycles. The Bertz CT molecular complexity index is 1580. The number of aliphatic carboxylic acids is 1. The van der Waals surface area contributed by atoms with Crippen LogP contribution in [-0.2, 0) is 24.2 Å². The summed E-state index contributed by atoms with van der Waals surface area (Å²) in [5, 5.41) is 15.8. The van der Waals surface area contributed by atoms with Crippen molar-refractivity contribution in [2.45, 2.75) is 38.3 Å². The molecule has 1 aliphatic carbocycles. The van der Waals surface area contributed by atoms with Crippen LogP contribution in [0.4, 0.5) is 4.79 Å². The smallest absolute Gasteiger partial charge is 0.315 e. The van der Waals surface area contributed by atoms with E-state index in [0.29, 0.717) is 35.7 Å². The van der Waals surface area contributed by atoms with Gasteiger partial charge in [0.05, 0.1) is 27.6 Å². The zero-order chi connectivity index (χ0) is 30.0. The summed E-state index contributed by atoms with van der Waals surface area (Å²) in [5.41, 5.74) is 3.87. The monoisotopic (exact) mass is 627 g/mol. The van der Waals surface area contributed by atoms with E-state index in [9.17, 15) is 24.3 Å². The van der Waals surface area contributed by atoms with Gasteiger partial charge in [0.2, 0.25) is 0 Å². The fourth-order valence-corrected chi connectivity index (χ4v) is 6.55. The van der Waals surface area contributed by atoms with Crippen molar-refractivity contribution in [3.8, 4) is 0 Å². The number of fused-ring (bicyclic) bond motifs is 2. The van der Waals surface area contributed by atoms with Gasteiger partial charge in [-0.2, -0.15) is 0 Å². The molecule has 0 bridgehead atoms. The summed E-state index contributed by atoms with van der Waals surface area (Å²) in [5.74, 6) is -3.31. The van der Waals surface area contributed by atoms with E-state index in [-0.39, 0.29) is 34.1 Å². The van der Waals surface area contributed by atoms with Crippen LogP contribution in [-0.4, -0.2) is 46.8 Å². The Labute approximate surface area is 257 Å². The third-order valence-electron chi connectivity index (χ3n) is 7.74. The number of halogens is 3. The van der Waals surface area contributed by atoms with E-state index in [4.69, 9.17) is 34.8 Å². The summed E-state index contributed by atoms with van der Waals surface area (Å²) >= 11 is 19.2. The van der Waals surface area contributed by atoms with Gasteiger partial charge in [0.25, 0.3) is 5.91 Å². The SMILES string of the molecule is O=C(NC[C@H](CC(=O)c1c(Cl)cc2c(c1Cl)CCN(Cc1cccc(Cl)c1)C2=O)C(=O)O)N[C@@H]1CCc2ccccc21. The Morgan fingerprint density at radius 3 is 2.57 bits per heavy atom. The number of carboxylic acid groups (broad SMARTS) is 1. The molecular weight excluding hydrogens is 601 g/mol. The van der Waals surface area contributed by atoms with Crippen LogP contribution in [0.3, 0.4) is 0 Å². The van der Waals surface area contributed by atoms with E-state index in [1.165, 1.54) is 11.6 Å². The van der Waals surface area contributed by atoms with Crippen molar-refractivity contribution in [2.24, 2.45) is 5.92 Å². The highest BCUT2D eigenvalue weighted by molar-refractivity contribution is 6.41. The van der Waals surface area contributed by atoms with Gasteiger partial charge in [-0.3, -0.25) is 14.4 Å². The number of Topliss-reactive ketones (excluding diaryl/α,β-unsaturated/α-hetero) is 1. The molecule has 11 heteroatoms. The van der Waals surface area contributed by atoms with Crippen LogP contribution in [0.5, 0.6) is 0 Å². The lowest BCUT2D eigenvalue weighted by Gasteiger charge is -2.30. The topological polar surface area (TPSA) is 116 Å². The number of amides is 3. The maximum absolute atomic E-state index is 13.3. The summed E-state index contributed by atoms with van der Waals surface area (Å²) in [6.45, 7) is 0.455. The molecule has 0 saturated carbocycles. The molecule has 2 aliphatic rings. The molecule has 1 aliphatic heterocycles. The van der Waals surface area contributed by atoms with Crippen molar-refractivity contribution < 1.29 is 24.3 Å². The zero-order valence-electron chi connectivity index (χ0n) is 22.5. The molecule has 0 fully saturated rings. The summed E-state index contributed by atoms with van der Waals surface area (Å²) < 4.78 is 0. The second-order valence-electron chi connectivity index (χ2n) is 10.5. The molecule has 3 N–H and O–H groups in total. The number of benzene rings is 3. The van der Waals surface area contributed by atoms with Crippen molar-refractivity contribution in [3.63, 3.8) is 0 Å². The predicted molar refractivity (Wildman–Crippen MR) is 160 cm³/mol. The van der Waals surface area contributed by atoms with Crippen LogP contribution in [0, 0.1) is 5.92 Å². The van der Waals surface area contributed by atoms with Gasteiger partial charge in [-0.25, -0.2) is 4.79 Å². The van der Waals surface area contributed by atoms with Gasteiger partial charge < -0.3 is 20.6 Å². The van der Waals surface area contributed by atoms with Crippen molar-refractivity contribution >= 4 is 58.5 Å². The maximum Gasteiger partial charge on any atom is 0.315 e. The Morgan fingerprint density at radius 1 is 1.02 bits per heavy atom. The molecule has 1 heterocycles. The number of ketones is 1. The van der Waals surface area contributed by atoms with Crippen molar-refractivity contribution in [1.82, 2.24) is 15.5 Å². The van der Waals surface area contributed by atoms with E-state index >= 15 is 0 Å². The Morgan fingerprint density at radius 2 is 1.81 bits per heavy atom. The summed E-state index contributed by atoms with van der Waals surface area (Å²) in [4.78, 5) is 52.8. The normalized spacial score (nSPS) is 16.4. The fourth-order valence-electron chi connectivity index (χ4n) is 5.58. The molecule has 2 atom stereocenters. The standard InChI is InChI=1S/C31H28Cl3N3O5/c32-20-6-3-4-17(12-20)16-37-11-10-22-23(29(37)39)14-24(33)27(28(22)34)26(38)13-19(30(40)41)15-35-31(42)36-25-9-8-18-5-1-2-7-21(18)25/h1-7,12,14,19,25H,8-11,13,15-16H2,(H,40,41)(H2,35,36,42)/t19-,25+/m0/s1. The minimum absolute atomic E-state index is 0.0218. The van der Waals surface area contributed by atoms with Crippen LogP contribution in [0.25, 0.3) is 0 Å². The van der Waals surface area contributed by atoms with E-state index < -0.39 is 30.1 Å². The second kappa shape index (κ2) is 12.7. The minimum Gasteiger partial charge on any atom is -0.481 e. The molecule has 3 amide bonds. The third kappa shape index (κ3) is 6.41. The number of nitrogens with zero attached hydrogens (tertiary/aromatic N) is 1. The lowest BCUT2D eigenvalue weighted by atomic mass is 9.92. The van der Waals surface area contributed by atoms with Crippen LogP contribution >= 0.6 is 34.8 Å². The van der Waals surface area contributed by atoms with Crippen molar-refractivity contribution in [2.75, 3.05) is 13.1 Å². The number of urea groups is 1. The lowest BCUT2D eigenvalue weighted by molar-refractivity contribution is -0.141. The Hall–Kier alpha value is -3.59. The van der Waals surface area contributed by atoms with Gasteiger partial charge in [0.15, 0.2) is 5.78 Å². The maximum atomic E-state index is 13.3. The van der Waals surface area contributed by atoms with Gasteiger partial charge in [0, 0.05) is 36.6 Å². The molecule has 218 valence electrons. The van der Waals surface area contributed by atoms with E-state index in [1.807, 2.05) is 36.4 Å². The largest absolute Gasteiger partial charge is 0.481 e. The highest BCUT2D eigenvalue weighted by atomic mass is 35.5. The zero-order valence-corrected chi connectivity index (χ0v) is 24.7. The fraction of sp³-hybridized carbons (Fsp3) is 0.290. The Balaban J connectivity index is 1.24. The van der Waals surface area contributed by atoms with Gasteiger partial charge in [-0.05, 0) is 59.7 Å². The highest BCUT2D eigenvalue weighted by Gasteiger charge is 2.32. The first-order valence-corrected chi connectivity index (χ1v) is 14.7. The Kier molecular flexibility index (Phi) is 9.06. The van der Waals surface area contributed by atoms with Crippen molar-refractivity contribution in [1.29, 1.82) is 0 Å². The summed E-state index contributed by atoms with van der Waals surface area (Å²) in [6, 6.07) is 15.8. The number of aryl methyl sites for hydroxylation is 1. The van der Waals surface area contributed by atoms with Crippen molar-refractivity contribution in [3.05, 3.63) is 103 Å². The molecule has 0 spiro atoms. The summed E-state index contributed by atoms with van der Waals surface area (Å²) in [7, 11) is 0. The molecule has 8 nitrogen and oxygen atoms in total. The lowest BCUT2D eigenvalue weighted by Crippen LogP contribution is -2.41. The third-order valence-corrected chi connectivity index (χ3v) is 8.69. The average Bonchev–Trinajstić information content (AvgIpc) is 3.35. The van der Waals surface area contributed by atoms with Gasteiger partial charge in [-0.1, -0.05) is 71.2 Å². The number of carbonyl (C=O) groups is 4. The summed E-state index contributed by atoms with van der Waals surface area (Å²) in [6.07, 6.45) is 1.56. The quantitative estimate of drug-likeness (QED) is 0.248. The minimum atomic E-state index is -1.24. The first-order chi connectivity index (χ1) is 20.1. The number of carboxylic acids is 1. The molecule has 0 unspecified atom stereocenters. The molecular formula is C31H28Cl3N3O5. The molecule has 0 aromatic heterocycles. The van der Waals surface area contributed by atoms with Crippen LogP contribution in [0.1, 0.15) is 61.9 Å². The average molecular weight is 629 g/mol. The number of carbonyl (C=O) groups excluding carboxylic acids is 3. The molecule has 0 radical (unpaired) electrons. The molecule has 0 saturated heterocycles. The van der Waals surface area contributed by atoms with Crippen LogP contribution in [0.15, 0.2) is 54.6 Å². The van der Waals surface area contributed by atoms with Crippen LogP contribution in [0.2, 0.25) is 15.1 Å². The number of hydrogen-bond donors (Lipinski definition) is 3. The first kappa shape index (κ1) is 29.9. The first-order valence-electron chi connectivity index (χ1n) is 13.5. The van der Waals surface area contributed by atoms with Gasteiger partial charge >= 0.3 is 12.0 Å². The molecule has 5 rings (SSSR count). The predicted octanol–water partition coefficient (Wildman–Crippen LogP) is 6.11. The van der Waals surface area contributed by atoms with E-state index in [2.05, 4.69) is 10.6 Å². The highest BCUT2D eigenvalue weighted by Crippen LogP contribution is 2.36. The van der Waals surface area contributed by atoms with Gasteiger partial charge in [-0.15, -0.1) is 0 Å².